The third-order valence-electron chi connectivity index (χ3n) is 2.24. The lowest BCUT2D eigenvalue weighted by Gasteiger charge is -2.04. The molecule has 0 saturated carbocycles. The Morgan fingerprint density at radius 2 is 1.94 bits per heavy atom. The molecule has 2 aromatic rings. The first-order valence-corrected chi connectivity index (χ1v) is 4.73. The predicted octanol–water partition coefficient (Wildman–Crippen LogP) is 2.52. The van der Waals surface area contributed by atoms with Gasteiger partial charge in [0.1, 0.15) is 0 Å². The first kappa shape index (κ1) is 10.7. The lowest BCUT2D eigenvalue weighted by Crippen LogP contribution is -1.93. The summed E-state index contributed by atoms with van der Waals surface area (Å²) >= 11 is 0. The van der Waals surface area contributed by atoms with Crippen LogP contribution in [0.25, 0.3) is 11.1 Å². The molecule has 2 rings (SSSR count). The number of aliphatic hydroxyl groups excluding tert-OH is 1. The number of benzene rings is 1. The lowest BCUT2D eigenvalue weighted by atomic mass is 10.0. The van der Waals surface area contributed by atoms with Crippen molar-refractivity contribution in [3.63, 3.8) is 0 Å². The Morgan fingerprint density at radius 3 is 2.62 bits per heavy atom. The number of hydrogen-bond donors (Lipinski definition) is 1. The lowest BCUT2D eigenvalue weighted by molar-refractivity contribution is 0.282. The second-order valence-corrected chi connectivity index (χ2v) is 3.33. The van der Waals surface area contributed by atoms with Gasteiger partial charge in [0.25, 0.3) is 0 Å². The molecular formula is C12H9F2NO. The molecule has 0 radical (unpaired) electrons. The summed E-state index contributed by atoms with van der Waals surface area (Å²) in [4.78, 5) is 3.11. The van der Waals surface area contributed by atoms with Gasteiger partial charge in [0.15, 0.2) is 0 Å². The number of rotatable bonds is 2. The van der Waals surface area contributed by atoms with Crippen molar-refractivity contribution in [2.75, 3.05) is 0 Å². The van der Waals surface area contributed by atoms with E-state index in [1.54, 1.807) is 24.3 Å². The highest BCUT2D eigenvalue weighted by Crippen LogP contribution is 2.22. The standard InChI is InChI=1S/C12H9F2NO/c13-11-5-4-10(12(14)15-11)9-3-1-2-8(6-9)7-16/h1-6,16H,7H2. The van der Waals surface area contributed by atoms with Crippen molar-refractivity contribution in [2.24, 2.45) is 0 Å². The Balaban J connectivity index is 2.49. The van der Waals surface area contributed by atoms with Gasteiger partial charge in [0.05, 0.1) is 6.61 Å². The van der Waals surface area contributed by atoms with Crippen LogP contribution in [0, 0.1) is 11.9 Å². The van der Waals surface area contributed by atoms with Crippen LogP contribution in [0.4, 0.5) is 8.78 Å². The van der Waals surface area contributed by atoms with Crippen molar-refractivity contribution in [1.82, 2.24) is 4.98 Å². The van der Waals surface area contributed by atoms with Crippen molar-refractivity contribution in [3.8, 4) is 11.1 Å². The van der Waals surface area contributed by atoms with E-state index in [9.17, 15) is 8.78 Å². The van der Waals surface area contributed by atoms with Gasteiger partial charge in [-0.25, -0.2) is 0 Å². The van der Waals surface area contributed by atoms with E-state index in [1.165, 1.54) is 6.07 Å². The van der Waals surface area contributed by atoms with Crippen LogP contribution in [-0.2, 0) is 6.61 Å². The monoisotopic (exact) mass is 221 g/mol. The Labute approximate surface area is 91.2 Å². The molecule has 16 heavy (non-hydrogen) atoms. The van der Waals surface area contributed by atoms with E-state index >= 15 is 0 Å². The van der Waals surface area contributed by atoms with Crippen LogP contribution in [0.3, 0.4) is 0 Å². The van der Waals surface area contributed by atoms with Gasteiger partial charge in [-0.05, 0) is 29.3 Å². The Hall–Kier alpha value is -1.81. The van der Waals surface area contributed by atoms with Gasteiger partial charge in [0.2, 0.25) is 11.9 Å². The molecule has 2 nitrogen and oxygen atoms in total. The Morgan fingerprint density at radius 1 is 1.12 bits per heavy atom. The SMILES string of the molecule is OCc1cccc(-c2ccc(F)nc2F)c1. The molecule has 0 aliphatic rings. The van der Waals surface area contributed by atoms with Crippen LogP contribution in [0.2, 0.25) is 0 Å². The maximum Gasteiger partial charge on any atom is 0.223 e. The molecule has 0 saturated heterocycles. The summed E-state index contributed by atoms with van der Waals surface area (Å²) in [6.45, 7) is -0.121. The van der Waals surface area contributed by atoms with E-state index in [0.29, 0.717) is 11.1 Å². The van der Waals surface area contributed by atoms with Crippen molar-refractivity contribution < 1.29 is 13.9 Å². The molecule has 82 valence electrons. The highest BCUT2D eigenvalue weighted by atomic mass is 19.1. The number of aromatic nitrogens is 1. The summed E-state index contributed by atoms with van der Waals surface area (Å²) in [5.41, 5.74) is 1.45. The number of halogens is 2. The summed E-state index contributed by atoms with van der Waals surface area (Å²) in [5.74, 6) is -1.70. The fourth-order valence-corrected chi connectivity index (χ4v) is 1.46. The number of aliphatic hydroxyl groups is 1. The minimum atomic E-state index is -0.852. The maximum atomic E-state index is 13.4. The van der Waals surface area contributed by atoms with Crippen LogP contribution in [0.15, 0.2) is 36.4 Å². The quantitative estimate of drug-likeness (QED) is 0.790. The van der Waals surface area contributed by atoms with Gasteiger partial charge >= 0.3 is 0 Å². The molecule has 0 aliphatic heterocycles. The van der Waals surface area contributed by atoms with Crippen LogP contribution in [0.5, 0.6) is 0 Å². The van der Waals surface area contributed by atoms with Crippen molar-refractivity contribution in [1.29, 1.82) is 0 Å². The topological polar surface area (TPSA) is 33.1 Å². The fourth-order valence-electron chi connectivity index (χ4n) is 1.46. The van der Waals surface area contributed by atoms with Crippen molar-refractivity contribution in [3.05, 3.63) is 53.9 Å². The molecule has 4 heteroatoms. The summed E-state index contributed by atoms with van der Waals surface area (Å²) in [6.07, 6.45) is 0. The molecule has 0 fully saturated rings. The number of nitrogens with zero attached hydrogens (tertiary/aromatic N) is 1. The van der Waals surface area contributed by atoms with Gasteiger partial charge in [-0.2, -0.15) is 13.8 Å². The normalized spacial score (nSPS) is 10.4. The van der Waals surface area contributed by atoms with Gasteiger partial charge in [0, 0.05) is 5.56 Å². The highest BCUT2D eigenvalue weighted by Gasteiger charge is 2.07. The maximum absolute atomic E-state index is 13.4. The van der Waals surface area contributed by atoms with E-state index in [4.69, 9.17) is 5.11 Å². The molecule has 1 aromatic heterocycles. The molecule has 1 heterocycles. The number of hydrogen-bond acceptors (Lipinski definition) is 2. The van der Waals surface area contributed by atoms with Crippen LogP contribution in [0.1, 0.15) is 5.56 Å². The zero-order valence-corrected chi connectivity index (χ0v) is 8.32. The van der Waals surface area contributed by atoms with Crippen LogP contribution < -0.4 is 0 Å². The minimum absolute atomic E-state index is 0.121. The first-order valence-electron chi connectivity index (χ1n) is 4.73. The van der Waals surface area contributed by atoms with E-state index in [1.807, 2.05) is 0 Å². The third-order valence-corrected chi connectivity index (χ3v) is 2.24. The number of pyridine rings is 1. The molecule has 0 amide bonds. The summed E-state index contributed by atoms with van der Waals surface area (Å²) in [5, 5.41) is 8.95. The predicted molar refractivity (Wildman–Crippen MR) is 55.5 cm³/mol. The zero-order chi connectivity index (χ0) is 11.5. The van der Waals surface area contributed by atoms with E-state index in [2.05, 4.69) is 4.98 Å². The van der Waals surface area contributed by atoms with Crippen molar-refractivity contribution >= 4 is 0 Å². The van der Waals surface area contributed by atoms with Gasteiger partial charge in [-0.15, -0.1) is 0 Å². The van der Waals surface area contributed by atoms with Crippen LogP contribution in [-0.4, -0.2) is 10.1 Å². The molecule has 0 aliphatic carbocycles. The second kappa shape index (κ2) is 4.37. The van der Waals surface area contributed by atoms with E-state index in [0.717, 1.165) is 6.07 Å². The second-order valence-electron chi connectivity index (χ2n) is 3.33. The molecule has 0 spiro atoms. The molecule has 1 aromatic carbocycles. The van der Waals surface area contributed by atoms with Crippen molar-refractivity contribution in [2.45, 2.75) is 6.61 Å². The van der Waals surface area contributed by atoms with Gasteiger partial charge in [-0.3, -0.25) is 0 Å². The molecule has 0 unspecified atom stereocenters. The fraction of sp³-hybridized carbons (Fsp3) is 0.0833. The highest BCUT2D eigenvalue weighted by molar-refractivity contribution is 5.63. The zero-order valence-electron chi connectivity index (χ0n) is 8.32. The van der Waals surface area contributed by atoms with Gasteiger partial charge < -0.3 is 5.11 Å². The first-order chi connectivity index (χ1) is 7.70. The largest absolute Gasteiger partial charge is 0.392 e. The summed E-state index contributed by atoms with van der Waals surface area (Å²) < 4.78 is 26.0. The molecular weight excluding hydrogens is 212 g/mol. The van der Waals surface area contributed by atoms with Crippen LogP contribution >= 0.6 is 0 Å². The van der Waals surface area contributed by atoms with E-state index in [-0.39, 0.29) is 12.2 Å². The minimum Gasteiger partial charge on any atom is -0.392 e. The smallest absolute Gasteiger partial charge is 0.223 e. The average Bonchev–Trinajstić information content (AvgIpc) is 2.29. The third kappa shape index (κ3) is 2.06. The molecule has 1 N–H and O–H groups in total. The Kier molecular flexibility index (Phi) is 2.92. The Bertz CT molecular complexity index is 514. The molecule has 0 bridgehead atoms. The summed E-state index contributed by atoms with van der Waals surface area (Å²) in [6, 6.07) is 9.16. The van der Waals surface area contributed by atoms with E-state index < -0.39 is 11.9 Å². The van der Waals surface area contributed by atoms with Gasteiger partial charge in [-0.1, -0.05) is 18.2 Å². The molecule has 0 atom stereocenters. The average molecular weight is 221 g/mol. The summed E-state index contributed by atoms with van der Waals surface area (Å²) in [7, 11) is 0.